The summed E-state index contributed by atoms with van der Waals surface area (Å²) in [6.45, 7) is -2.48. The van der Waals surface area contributed by atoms with Crippen LogP contribution in [0.15, 0.2) is 58.6 Å². The Kier molecular flexibility index (Phi) is 41.4. The number of nitrogens with zero attached hydrogens (tertiary/aromatic N) is 6. The Morgan fingerprint density at radius 2 is 0.902 bits per heavy atom. The van der Waals surface area contributed by atoms with Crippen LogP contribution in [-0.2, 0) is 72.6 Å². The van der Waals surface area contributed by atoms with Gasteiger partial charge in [-0.1, -0.05) is 23.2 Å². The Morgan fingerprint density at radius 3 is 1.29 bits per heavy atom. The van der Waals surface area contributed by atoms with E-state index in [2.05, 4.69) is 56.2 Å². The van der Waals surface area contributed by atoms with Crippen LogP contribution < -0.4 is 310 Å². The molecule has 92 heavy (non-hydrogen) atoms. The summed E-state index contributed by atoms with van der Waals surface area (Å²) in [7, 11) is -37.1. The molecule has 2 aliphatic heterocycles. The minimum atomic E-state index is -6.29. The molecular weight excluding hydrogens is 1500 g/mol. The average Bonchev–Trinajstić information content (AvgIpc) is 1.62. The fourth-order valence-corrected chi connectivity index (χ4v) is 13.5. The van der Waals surface area contributed by atoms with E-state index in [0.717, 1.165) is 33.9 Å². The van der Waals surface area contributed by atoms with Crippen molar-refractivity contribution in [3.8, 4) is 0 Å². The summed E-state index contributed by atoms with van der Waals surface area (Å²) in [4.78, 5) is 159. The second-order valence-corrected chi connectivity index (χ2v) is 25.8. The number of imidazole rings is 2. The summed E-state index contributed by atoms with van der Waals surface area (Å²) in [6.07, 6.45) is -12.1. The number of benzene rings is 2. The van der Waals surface area contributed by atoms with Crippen LogP contribution in [0.4, 0.5) is 23.3 Å². The summed E-state index contributed by atoms with van der Waals surface area (Å²) in [6, 6.07) is 7.59. The number of carbonyl (C=O) groups excluding carboxylic acids is 2. The molecule has 4 unspecified atom stereocenters. The van der Waals surface area contributed by atoms with Crippen LogP contribution in [0.25, 0.3) is 22.3 Å². The van der Waals surface area contributed by atoms with Crippen LogP contribution >= 0.6 is 70.1 Å². The van der Waals surface area contributed by atoms with E-state index < -0.39 is 132 Å². The van der Waals surface area contributed by atoms with Crippen molar-refractivity contribution in [3.05, 3.63) is 90.9 Å². The third-order valence-electron chi connectivity index (χ3n) is 10.6. The molecule has 0 spiro atoms. The molecule has 0 aliphatic carbocycles. The van der Waals surface area contributed by atoms with Crippen molar-refractivity contribution in [1.29, 1.82) is 0 Å². The fourth-order valence-electron chi connectivity index (χ4n) is 7.38. The first-order chi connectivity index (χ1) is 38.7. The fraction of sp³-hybridized carbons (Fsp3) is 0.294. The van der Waals surface area contributed by atoms with Crippen LogP contribution in [0.1, 0.15) is 33.2 Å². The third-order valence-corrected chi connectivity index (χ3v) is 18.4. The normalized spacial score (nSPS) is 21.8. The Bertz CT molecular complexity index is 3990. The molecule has 8 rings (SSSR count). The molecular formula is C34H32Cl2N12Na8O30P6. The van der Waals surface area contributed by atoms with Crippen molar-refractivity contribution in [2.45, 2.75) is 49.1 Å². The van der Waals surface area contributed by atoms with Crippen LogP contribution in [0.2, 0.25) is 10.0 Å². The first-order valence-electron chi connectivity index (χ1n) is 21.8. The topological polar surface area (TPSA) is 685 Å². The number of nitrogens with one attached hydrogen (secondary N) is 2. The average molecular weight is 1530 g/mol. The molecule has 6 heterocycles. The van der Waals surface area contributed by atoms with Gasteiger partial charge in [-0.25, -0.2) is 28.2 Å². The number of hydrogen-bond acceptors (Lipinski definition) is 38. The van der Waals surface area contributed by atoms with E-state index in [9.17, 15) is 95.9 Å². The van der Waals surface area contributed by atoms with Gasteiger partial charge in [0.15, 0.2) is 47.0 Å². The SMILES string of the molecule is Nc1nc2c(ncn2[C@@H]2O[C@H](COP(=O)([O-])OP(=O)([O-])OP(=O)([O-])[O-])[C@@H](O)[C@H]2OC(=O)c2cc(Cl)ccc2N)c(=O)[nH]1.Nc1nc2c(ncn2[C@@H]2O[C@H](COP(=O)([O-])OP(=O)([O-])OP(=O)([O-])[O-])[C@@H](OC(=O)c3cc(Cl)ccc3N)[C@H]2O)c(=O)[nH]1.[Na+].[Na+].[Na+].[Na+].[Na+].[Na+].[Na+].[Na+]. The first-order valence-corrected chi connectivity index (χ1v) is 31.3. The predicted molar refractivity (Wildman–Crippen MR) is 257 cm³/mol. The van der Waals surface area contributed by atoms with Crippen molar-refractivity contribution in [2.24, 2.45) is 0 Å². The largest absolute Gasteiger partial charge is 1.00 e. The van der Waals surface area contributed by atoms with Gasteiger partial charge < -0.3 is 109 Å². The molecule has 0 radical (unpaired) electrons. The van der Waals surface area contributed by atoms with Crippen molar-refractivity contribution >= 4 is 128 Å². The zero-order valence-electron chi connectivity index (χ0n) is 48.4. The van der Waals surface area contributed by atoms with Gasteiger partial charge in [0.2, 0.25) is 11.9 Å². The van der Waals surface area contributed by atoms with E-state index in [4.69, 9.17) is 65.1 Å². The molecule has 0 amide bonds. The predicted octanol–water partition coefficient (Wildman–Crippen LogP) is -29.5. The smallest absolute Gasteiger partial charge is 0.790 e. The van der Waals surface area contributed by atoms with Gasteiger partial charge in [-0.3, -0.25) is 55.6 Å². The number of ether oxygens (including phenoxy) is 4. The summed E-state index contributed by atoms with van der Waals surface area (Å²) in [5, 5.41) is 22.1. The molecule has 460 valence electrons. The summed E-state index contributed by atoms with van der Waals surface area (Å²) in [5.74, 6) is -3.02. The van der Waals surface area contributed by atoms with E-state index in [1.54, 1.807) is 0 Å². The van der Waals surface area contributed by atoms with Crippen LogP contribution in [0.5, 0.6) is 0 Å². The number of aromatic nitrogens is 8. The molecule has 0 bridgehead atoms. The molecule has 12 N–H and O–H groups in total. The summed E-state index contributed by atoms with van der Waals surface area (Å²) < 4.78 is 114. The minimum absolute atomic E-state index is 0. The molecule has 2 saturated heterocycles. The summed E-state index contributed by atoms with van der Waals surface area (Å²) in [5.41, 5.74) is 19.6. The molecule has 2 aliphatic rings. The number of aromatic amines is 2. The number of H-pyrrole nitrogens is 2. The van der Waals surface area contributed by atoms with E-state index in [0.29, 0.717) is 0 Å². The number of phosphoric ester groups is 2. The monoisotopic (exact) mass is 1530 g/mol. The first kappa shape index (κ1) is 96.6. The van der Waals surface area contributed by atoms with Crippen molar-refractivity contribution in [2.75, 3.05) is 36.1 Å². The molecule has 12 atom stereocenters. The number of halogens is 2. The second kappa shape index (κ2) is 39.4. The van der Waals surface area contributed by atoms with E-state index >= 15 is 0 Å². The Morgan fingerprint density at radius 1 is 0.543 bits per heavy atom. The maximum absolute atomic E-state index is 13.0. The molecule has 0 saturated carbocycles. The number of aliphatic hydroxyl groups excluding tert-OH is 2. The molecule has 2 aromatic carbocycles. The maximum Gasteiger partial charge on any atom is 1.00 e. The van der Waals surface area contributed by atoms with Gasteiger partial charge in [0, 0.05) is 21.4 Å². The number of fused-ring (bicyclic) bond motifs is 2. The summed E-state index contributed by atoms with van der Waals surface area (Å²) >= 11 is 11.8. The number of nitrogen functional groups attached to an aromatic ring is 4. The number of anilines is 4. The zero-order chi connectivity index (χ0) is 62.4. The molecule has 4 aromatic heterocycles. The van der Waals surface area contributed by atoms with Gasteiger partial charge in [0.25, 0.3) is 42.4 Å². The van der Waals surface area contributed by atoms with Gasteiger partial charge in [-0.05, 0) is 36.4 Å². The Balaban J connectivity index is 0. The van der Waals surface area contributed by atoms with Crippen LogP contribution in [0.3, 0.4) is 0 Å². The zero-order valence-corrected chi connectivity index (χ0v) is 71.3. The number of phosphoric acid groups is 6. The molecule has 58 heteroatoms. The van der Waals surface area contributed by atoms with E-state index in [-0.39, 0.29) is 303 Å². The number of aliphatic hydroxyl groups is 2. The van der Waals surface area contributed by atoms with E-state index in [1.807, 2.05) is 0 Å². The molecule has 2 fully saturated rings. The molecule has 42 nitrogen and oxygen atoms in total. The van der Waals surface area contributed by atoms with Crippen LogP contribution in [0, 0.1) is 0 Å². The number of carbonyl (C=O) groups is 2. The number of nitrogens with two attached hydrogens (primary N) is 4. The standard InChI is InChI=1S/2C17H20ClN6O15P3.8Na/c18-6-1-2-8(19)7(3-6)16(27)37-12-9(4-35-41(31,32)39-42(33,34)38-40(28,29)30)36-15(11(12)25)24-5-21-10-13(24)22-17(20)23-14(10)26;18-6-1-2-8(19)7(3-6)16(27)37-12-11(25)9(4-35-41(31,32)39-42(33,34)38-40(28,29)30)36-15(12)24-5-21-10-13(24)22-17(20)23-14(10)26;;;;;;;;/h2*1-3,5,9,11-12,15,25H,4,19H2,(H,31,32)(H,33,34)(H2,28,29,30)(H3,20,22,23,26);;;;;;;;/q;;8*+1/p-8/t2*9-,11-,12-,15-;;;;;;;;/m11......../s1. The Labute approximate surface area is 700 Å². The van der Waals surface area contributed by atoms with Crippen molar-refractivity contribution < 1.29 is 368 Å². The van der Waals surface area contributed by atoms with Gasteiger partial charge in [-0.15, -0.1) is 0 Å². The Hall–Kier alpha value is 2.52. The minimum Gasteiger partial charge on any atom is -0.790 e. The van der Waals surface area contributed by atoms with E-state index in [1.165, 1.54) is 24.3 Å². The number of hydrogen-bond donors (Lipinski definition) is 8. The third kappa shape index (κ3) is 26.7. The van der Waals surface area contributed by atoms with Crippen LogP contribution in [-0.4, -0.2) is 111 Å². The van der Waals surface area contributed by atoms with Crippen molar-refractivity contribution in [3.63, 3.8) is 0 Å². The van der Waals surface area contributed by atoms with Crippen molar-refractivity contribution in [1.82, 2.24) is 39.0 Å². The number of rotatable bonds is 20. The maximum atomic E-state index is 13.0. The van der Waals surface area contributed by atoms with Gasteiger partial charge in [0.1, 0.15) is 24.4 Å². The van der Waals surface area contributed by atoms with Gasteiger partial charge >= 0.3 is 248 Å². The number of esters is 2. The quantitative estimate of drug-likeness (QED) is 0.0152. The van der Waals surface area contributed by atoms with Gasteiger partial charge in [-0.2, -0.15) is 9.97 Å². The second-order valence-electron chi connectivity index (χ2n) is 16.5. The molecule has 6 aromatic rings. The van der Waals surface area contributed by atoms with Gasteiger partial charge in [0.05, 0.1) is 52.6 Å².